The van der Waals surface area contributed by atoms with E-state index in [-0.39, 0.29) is 5.56 Å². The molecule has 0 saturated heterocycles. The fourth-order valence-corrected chi connectivity index (χ4v) is 1.28. The fourth-order valence-electron chi connectivity index (χ4n) is 1.28. The first-order valence-corrected chi connectivity index (χ1v) is 4.29. The summed E-state index contributed by atoms with van der Waals surface area (Å²) in [6, 6.07) is 1.16. The van der Waals surface area contributed by atoms with Crippen molar-refractivity contribution in [2.45, 2.75) is 13.0 Å². The average Bonchev–Trinajstić information content (AvgIpc) is 2.19. The molecule has 0 aliphatic carbocycles. The Morgan fingerprint density at radius 1 is 1.60 bits per heavy atom. The van der Waals surface area contributed by atoms with Crippen molar-refractivity contribution in [1.82, 2.24) is 0 Å². The van der Waals surface area contributed by atoms with E-state index in [2.05, 4.69) is 0 Å². The lowest BCUT2D eigenvalue weighted by Gasteiger charge is -2.11. The Hall–Kier alpha value is -1.62. The number of aryl methyl sites for hydroxylation is 1. The summed E-state index contributed by atoms with van der Waals surface area (Å²) in [5.74, 6) is -1.57. The van der Waals surface area contributed by atoms with E-state index in [9.17, 15) is 9.18 Å². The van der Waals surface area contributed by atoms with Gasteiger partial charge in [0.05, 0.1) is 7.11 Å². The van der Waals surface area contributed by atoms with E-state index < -0.39 is 17.8 Å². The monoisotopic (exact) mass is 213 g/mol. The fraction of sp³-hybridized carbons (Fsp3) is 0.300. The highest BCUT2D eigenvalue weighted by Gasteiger charge is 2.19. The molecule has 1 atom stereocenters. The summed E-state index contributed by atoms with van der Waals surface area (Å²) in [4.78, 5) is 10.6. The Balaban J connectivity index is 3.21. The van der Waals surface area contributed by atoms with Gasteiger partial charge in [0.2, 0.25) is 0 Å². The van der Waals surface area contributed by atoms with Crippen LogP contribution < -0.4 is 10.5 Å². The zero-order valence-electron chi connectivity index (χ0n) is 8.45. The van der Waals surface area contributed by atoms with E-state index in [0.717, 1.165) is 6.07 Å². The van der Waals surface area contributed by atoms with Gasteiger partial charge in [-0.15, -0.1) is 0 Å². The van der Waals surface area contributed by atoms with Crippen LogP contribution in [0.1, 0.15) is 17.2 Å². The minimum absolute atomic E-state index is 0.0409. The number of hydrogen-bond acceptors (Lipinski definition) is 3. The second kappa shape index (κ2) is 4.27. The molecule has 4 nitrogen and oxygen atoms in total. The molecule has 0 aliphatic heterocycles. The Morgan fingerprint density at radius 2 is 2.20 bits per heavy atom. The molecule has 0 saturated carbocycles. The van der Waals surface area contributed by atoms with Crippen LogP contribution in [0.4, 0.5) is 4.39 Å². The number of nitrogens with two attached hydrogens (primary N) is 1. The van der Waals surface area contributed by atoms with Gasteiger partial charge in [-0.2, -0.15) is 0 Å². The number of carboxylic acids is 1. The molecule has 0 bridgehead atoms. The molecule has 1 unspecified atom stereocenters. The first-order valence-electron chi connectivity index (χ1n) is 4.29. The molecule has 0 aromatic heterocycles. The third-order valence-corrected chi connectivity index (χ3v) is 2.12. The van der Waals surface area contributed by atoms with Gasteiger partial charge in [-0.25, -0.2) is 4.39 Å². The van der Waals surface area contributed by atoms with Crippen molar-refractivity contribution < 1.29 is 19.0 Å². The number of methoxy groups -OCH3 is 1. The van der Waals surface area contributed by atoms with E-state index in [1.54, 1.807) is 6.92 Å². The Morgan fingerprint density at radius 3 is 2.67 bits per heavy atom. The average molecular weight is 213 g/mol. The summed E-state index contributed by atoms with van der Waals surface area (Å²) >= 11 is 0. The van der Waals surface area contributed by atoms with Crippen LogP contribution >= 0.6 is 0 Å². The van der Waals surface area contributed by atoms with E-state index in [1.807, 2.05) is 0 Å². The third-order valence-electron chi connectivity index (χ3n) is 2.12. The molecular formula is C10H12FNO3. The predicted octanol–water partition coefficient (Wildman–Crippen LogP) is 1.23. The Kier molecular flexibility index (Phi) is 3.26. The van der Waals surface area contributed by atoms with Crippen LogP contribution in [0.5, 0.6) is 5.75 Å². The van der Waals surface area contributed by atoms with Crippen LogP contribution in [-0.4, -0.2) is 18.2 Å². The van der Waals surface area contributed by atoms with Crippen molar-refractivity contribution in [3.05, 3.63) is 29.1 Å². The minimum Gasteiger partial charge on any atom is -0.496 e. The predicted molar refractivity (Wildman–Crippen MR) is 52.3 cm³/mol. The summed E-state index contributed by atoms with van der Waals surface area (Å²) in [5, 5.41) is 8.65. The van der Waals surface area contributed by atoms with Crippen molar-refractivity contribution in [2.75, 3.05) is 7.11 Å². The van der Waals surface area contributed by atoms with Gasteiger partial charge in [0.15, 0.2) is 0 Å². The maximum atomic E-state index is 13.4. The number of benzene rings is 1. The van der Waals surface area contributed by atoms with Crippen molar-refractivity contribution in [3.63, 3.8) is 0 Å². The summed E-state index contributed by atoms with van der Waals surface area (Å²) in [5.41, 5.74) is 5.92. The lowest BCUT2D eigenvalue weighted by Crippen LogP contribution is -2.22. The Bertz CT molecular complexity index is 392. The molecule has 1 aromatic carbocycles. The van der Waals surface area contributed by atoms with Crippen molar-refractivity contribution in [1.29, 1.82) is 0 Å². The van der Waals surface area contributed by atoms with Gasteiger partial charge in [0.1, 0.15) is 17.6 Å². The number of halogens is 1. The lowest BCUT2D eigenvalue weighted by molar-refractivity contribution is -0.138. The maximum absolute atomic E-state index is 13.4. The molecule has 5 heteroatoms. The normalized spacial score (nSPS) is 12.3. The topological polar surface area (TPSA) is 72.5 Å². The van der Waals surface area contributed by atoms with Crippen molar-refractivity contribution in [3.8, 4) is 5.75 Å². The molecular weight excluding hydrogens is 201 g/mol. The van der Waals surface area contributed by atoms with Crippen LogP contribution in [-0.2, 0) is 4.79 Å². The summed E-state index contributed by atoms with van der Waals surface area (Å²) < 4.78 is 18.3. The molecule has 0 heterocycles. The van der Waals surface area contributed by atoms with E-state index >= 15 is 0 Å². The second-order valence-corrected chi connectivity index (χ2v) is 3.16. The van der Waals surface area contributed by atoms with Crippen LogP contribution in [0.15, 0.2) is 12.1 Å². The largest absolute Gasteiger partial charge is 0.496 e. The Labute approximate surface area is 86.5 Å². The third kappa shape index (κ3) is 2.24. The molecule has 0 radical (unpaired) electrons. The number of hydrogen-bond donors (Lipinski definition) is 2. The van der Waals surface area contributed by atoms with Gasteiger partial charge in [0.25, 0.3) is 0 Å². The lowest BCUT2D eigenvalue weighted by atomic mass is 10.0. The number of carbonyl (C=O) groups is 1. The molecule has 3 N–H and O–H groups in total. The molecule has 0 fully saturated rings. The van der Waals surface area contributed by atoms with E-state index in [0.29, 0.717) is 11.3 Å². The maximum Gasteiger partial charge on any atom is 0.325 e. The minimum atomic E-state index is -1.35. The van der Waals surface area contributed by atoms with Crippen molar-refractivity contribution >= 4 is 5.97 Å². The summed E-state index contributed by atoms with van der Waals surface area (Å²) in [6.07, 6.45) is 0. The summed E-state index contributed by atoms with van der Waals surface area (Å²) in [7, 11) is 1.42. The first kappa shape index (κ1) is 11.5. The van der Waals surface area contributed by atoms with E-state index in [4.69, 9.17) is 15.6 Å². The highest BCUT2D eigenvalue weighted by Crippen LogP contribution is 2.25. The van der Waals surface area contributed by atoms with Crippen molar-refractivity contribution in [2.24, 2.45) is 5.73 Å². The smallest absolute Gasteiger partial charge is 0.325 e. The highest BCUT2D eigenvalue weighted by atomic mass is 19.1. The first-order chi connectivity index (χ1) is 6.97. The zero-order chi connectivity index (χ0) is 11.6. The molecule has 82 valence electrons. The molecule has 0 amide bonds. The number of ether oxygens (including phenoxy) is 1. The van der Waals surface area contributed by atoms with Crippen LogP contribution in [0, 0.1) is 12.7 Å². The zero-order valence-corrected chi connectivity index (χ0v) is 8.45. The molecule has 15 heavy (non-hydrogen) atoms. The van der Waals surface area contributed by atoms with Gasteiger partial charge < -0.3 is 15.6 Å². The number of rotatable bonds is 3. The molecule has 0 spiro atoms. The number of aliphatic carboxylic acids is 1. The van der Waals surface area contributed by atoms with Gasteiger partial charge in [-0.3, -0.25) is 4.79 Å². The van der Waals surface area contributed by atoms with Gasteiger partial charge in [-0.05, 0) is 18.6 Å². The van der Waals surface area contributed by atoms with Gasteiger partial charge >= 0.3 is 5.97 Å². The van der Waals surface area contributed by atoms with Crippen LogP contribution in [0.25, 0.3) is 0 Å². The molecule has 1 aromatic rings. The van der Waals surface area contributed by atoms with Crippen LogP contribution in [0.2, 0.25) is 0 Å². The van der Waals surface area contributed by atoms with E-state index in [1.165, 1.54) is 13.2 Å². The van der Waals surface area contributed by atoms with Gasteiger partial charge in [0, 0.05) is 11.6 Å². The standard InChI is InChI=1S/C10H12FNO3/c1-5-3-6(9(12)10(13)14)7(11)4-8(5)15-2/h3-4,9H,12H2,1-2H3,(H,13,14). The van der Waals surface area contributed by atoms with Crippen LogP contribution in [0.3, 0.4) is 0 Å². The molecule has 0 aliphatic rings. The molecule has 1 rings (SSSR count). The highest BCUT2D eigenvalue weighted by molar-refractivity contribution is 5.75. The SMILES string of the molecule is COc1cc(F)c(C(N)C(=O)O)cc1C. The quantitative estimate of drug-likeness (QED) is 0.792. The van der Waals surface area contributed by atoms with Gasteiger partial charge in [-0.1, -0.05) is 0 Å². The summed E-state index contributed by atoms with van der Waals surface area (Å²) in [6.45, 7) is 1.69. The second-order valence-electron chi connectivity index (χ2n) is 3.16. The number of carboxylic acid groups (broad SMARTS) is 1.